The van der Waals surface area contributed by atoms with E-state index in [-0.39, 0.29) is 18.5 Å². The van der Waals surface area contributed by atoms with Crippen molar-refractivity contribution in [3.63, 3.8) is 0 Å². The number of nitrogens with one attached hydrogen (secondary N) is 1. The Hall–Kier alpha value is -2.42. The highest BCUT2D eigenvalue weighted by atomic mass is 35.5. The zero-order chi connectivity index (χ0) is 18.1. The fourth-order valence-electron chi connectivity index (χ4n) is 1.71. The zero-order valence-electron chi connectivity index (χ0n) is 11.3. The lowest BCUT2D eigenvalue weighted by Crippen LogP contribution is -2.07. The maximum absolute atomic E-state index is 13.7. The van der Waals surface area contributed by atoms with Crippen LogP contribution in [0.15, 0.2) is 24.3 Å². The molecule has 128 valence electrons. The maximum Gasteiger partial charge on any atom is 0.416 e. The van der Waals surface area contributed by atoms with Crippen molar-refractivity contribution in [2.24, 2.45) is 0 Å². The summed E-state index contributed by atoms with van der Waals surface area (Å²) in [6.45, 7) is 0. The normalized spacial score (nSPS) is 11.3. The number of carbonyl (C=O) groups is 1. The van der Waals surface area contributed by atoms with Gasteiger partial charge in [-0.05, 0) is 18.2 Å². The average Bonchev–Trinajstić information content (AvgIpc) is 2.46. The van der Waals surface area contributed by atoms with Gasteiger partial charge in [-0.2, -0.15) is 13.2 Å². The second kappa shape index (κ2) is 6.60. The van der Waals surface area contributed by atoms with Crippen molar-refractivity contribution in [2.75, 3.05) is 5.32 Å². The summed E-state index contributed by atoms with van der Waals surface area (Å²) < 4.78 is 83.2. The van der Waals surface area contributed by atoms with Gasteiger partial charge in [0.25, 0.3) is 0 Å². The minimum absolute atomic E-state index is 0.0421. The van der Waals surface area contributed by atoms with E-state index in [9.17, 15) is 31.1 Å². The number of ether oxygens (including phenoxy) is 1. The first kappa shape index (κ1) is 17.9. The van der Waals surface area contributed by atoms with E-state index in [1.807, 2.05) is 5.32 Å². The van der Waals surface area contributed by atoms with Crippen molar-refractivity contribution >= 4 is 23.7 Å². The summed E-state index contributed by atoms with van der Waals surface area (Å²) in [7, 11) is 0. The predicted molar refractivity (Wildman–Crippen MR) is 72.5 cm³/mol. The minimum Gasteiger partial charge on any atom is -0.450 e. The highest BCUT2D eigenvalue weighted by Gasteiger charge is 2.33. The van der Waals surface area contributed by atoms with Gasteiger partial charge < -0.3 is 10.1 Å². The molecule has 0 saturated carbocycles. The Morgan fingerprint density at radius 3 is 2.08 bits per heavy atom. The van der Waals surface area contributed by atoms with E-state index < -0.39 is 51.4 Å². The Kier molecular flexibility index (Phi) is 4.93. The first-order valence-corrected chi connectivity index (χ1v) is 6.44. The van der Waals surface area contributed by atoms with Gasteiger partial charge in [0.1, 0.15) is 11.6 Å². The van der Waals surface area contributed by atoms with Crippen molar-refractivity contribution < 1.29 is 35.9 Å². The Morgan fingerprint density at radius 1 is 1.00 bits per heavy atom. The van der Waals surface area contributed by atoms with Crippen molar-refractivity contribution in [3.8, 4) is 11.5 Å². The Morgan fingerprint density at radius 2 is 1.58 bits per heavy atom. The molecule has 2 aromatic rings. The van der Waals surface area contributed by atoms with Crippen molar-refractivity contribution in [1.82, 2.24) is 0 Å². The van der Waals surface area contributed by atoms with E-state index >= 15 is 0 Å². The topological polar surface area (TPSA) is 38.3 Å². The predicted octanol–water partition coefficient (Wildman–Crippen LogP) is 5.14. The molecule has 3 nitrogen and oxygen atoms in total. The van der Waals surface area contributed by atoms with E-state index in [0.29, 0.717) is 6.07 Å². The molecule has 0 aromatic heterocycles. The number of amides is 1. The van der Waals surface area contributed by atoms with Crippen molar-refractivity contribution in [3.05, 3.63) is 52.3 Å². The van der Waals surface area contributed by atoms with Crippen LogP contribution >= 0.6 is 11.6 Å². The molecule has 0 heterocycles. The number of halogens is 7. The molecule has 2 aromatic carbocycles. The van der Waals surface area contributed by atoms with Gasteiger partial charge in [-0.25, -0.2) is 13.2 Å². The molecular formula is C14H6ClF6NO2. The molecule has 0 atom stereocenters. The van der Waals surface area contributed by atoms with Gasteiger partial charge in [-0.15, -0.1) is 0 Å². The van der Waals surface area contributed by atoms with Crippen LogP contribution in [0.2, 0.25) is 5.02 Å². The summed E-state index contributed by atoms with van der Waals surface area (Å²) in [4.78, 5) is 10.3. The van der Waals surface area contributed by atoms with Gasteiger partial charge >= 0.3 is 6.18 Å². The highest BCUT2D eigenvalue weighted by molar-refractivity contribution is 6.32. The number of hydrogen-bond acceptors (Lipinski definition) is 2. The quantitative estimate of drug-likeness (QED) is 0.599. The number of anilines is 1. The summed E-state index contributed by atoms with van der Waals surface area (Å²) in [5.41, 5.74) is -1.95. The molecule has 0 spiro atoms. The fraction of sp³-hybridized carbons (Fsp3) is 0.0714. The molecule has 2 rings (SSSR count). The molecule has 0 bridgehead atoms. The SMILES string of the molecule is O=CNc1cc(Oc2c(F)cc(C(F)(F)F)cc2F)c(Cl)cc1F. The largest absolute Gasteiger partial charge is 0.450 e. The lowest BCUT2D eigenvalue weighted by atomic mass is 10.2. The van der Waals surface area contributed by atoms with Crippen LogP contribution in [0.25, 0.3) is 0 Å². The fourth-order valence-corrected chi connectivity index (χ4v) is 1.90. The van der Waals surface area contributed by atoms with Crippen LogP contribution < -0.4 is 10.1 Å². The van der Waals surface area contributed by atoms with E-state index in [1.54, 1.807) is 0 Å². The molecule has 0 fully saturated rings. The Labute approximate surface area is 135 Å². The van der Waals surface area contributed by atoms with Crippen LogP contribution in [0, 0.1) is 17.5 Å². The molecule has 24 heavy (non-hydrogen) atoms. The standard InChI is InChI=1S/C14H6ClF6NO2/c15-7-3-8(16)11(22-5-23)4-12(7)24-13-9(17)1-6(2-10(13)18)14(19,20)21/h1-5H,(H,22,23). The van der Waals surface area contributed by atoms with Crippen LogP contribution in [0.3, 0.4) is 0 Å². The third-order valence-electron chi connectivity index (χ3n) is 2.77. The summed E-state index contributed by atoms with van der Waals surface area (Å²) in [6.07, 6.45) is -4.82. The Balaban J connectivity index is 2.45. The summed E-state index contributed by atoms with van der Waals surface area (Å²) in [5.74, 6) is -5.85. The molecule has 10 heteroatoms. The zero-order valence-corrected chi connectivity index (χ0v) is 12.1. The monoisotopic (exact) mass is 369 g/mol. The first-order chi connectivity index (χ1) is 11.1. The number of hydrogen-bond donors (Lipinski definition) is 1. The molecule has 0 aliphatic rings. The minimum atomic E-state index is -4.95. The first-order valence-electron chi connectivity index (χ1n) is 6.06. The van der Waals surface area contributed by atoms with Crippen molar-refractivity contribution in [2.45, 2.75) is 6.18 Å². The summed E-state index contributed by atoms with van der Waals surface area (Å²) >= 11 is 5.65. The van der Waals surface area contributed by atoms with Crippen LogP contribution in [0.1, 0.15) is 5.56 Å². The third-order valence-corrected chi connectivity index (χ3v) is 3.07. The lowest BCUT2D eigenvalue weighted by molar-refractivity contribution is -0.138. The van der Waals surface area contributed by atoms with Gasteiger partial charge in [0.05, 0.1) is 16.3 Å². The van der Waals surface area contributed by atoms with Crippen LogP contribution in [-0.4, -0.2) is 6.41 Å². The average molecular weight is 370 g/mol. The van der Waals surface area contributed by atoms with E-state index in [0.717, 1.165) is 6.07 Å². The Bertz CT molecular complexity index is 771. The highest BCUT2D eigenvalue weighted by Crippen LogP contribution is 2.38. The van der Waals surface area contributed by atoms with Gasteiger partial charge in [-0.1, -0.05) is 11.6 Å². The van der Waals surface area contributed by atoms with E-state index in [2.05, 4.69) is 0 Å². The maximum atomic E-state index is 13.7. The smallest absolute Gasteiger partial charge is 0.416 e. The molecular weight excluding hydrogens is 364 g/mol. The second-order valence-corrected chi connectivity index (χ2v) is 4.80. The number of alkyl halides is 3. The molecule has 1 amide bonds. The van der Waals surface area contributed by atoms with E-state index in [1.165, 1.54) is 0 Å². The molecule has 0 radical (unpaired) electrons. The van der Waals surface area contributed by atoms with Gasteiger partial charge in [0, 0.05) is 6.07 Å². The van der Waals surface area contributed by atoms with Gasteiger partial charge in [-0.3, -0.25) is 4.79 Å². The summed E-state index contributed by atoms with van der Waals surface area (Å²) in [5, 5.41) is 1.54. The summed E-state index contributed by atoms with van der Waals surface area (Å²) in [6, 6.07) is 1.60. The molecule has 0 aliphatic heterocycles. The van der Waals surface area contributed by atoms with Crippen LogP contribution in [0.5, 0.6) is 11.5 Å². The third kappa shape index (κ3) is 3.73. The number of rotatable bonds is 4. The second-order valence-electron chi connectivity index (χ2n) is 4.39. The molecule has 0 aliphatic carbocycles. The van der Waals surface area contributed by atoms with Gasteiger partial charge in [0.2, 0.25) is 6.41 Å². The molecule has 1 N–H and O–H groups in total. The van der Waals surface area contributed by atoms with E-state index in [4.69, 9.17) is 16.3 Å². The van der Waals surface area contributed by atoms with Crippen LogP contribution in [0.4, 0.5) is 32.0 Å². The number of benzene rings is 2. The molecule has 0 saturated heterocycles. The molecule has 0 unspecified atom stereocenters. The van der Waals surface area contributed by atoms with Crippen molar-refractivity contribution in [1.29, 1.82) is 0 Å². The van der Waals surface area contributed by atoms with Crippen LogP contribution in [-0.2, 0) is 11.0 Å². The number of carbonyl (C=O) groups excluding carboxylic acids is 1. The van der Waals surface area contributed by atoms with Gasteiger partial charge in [0.15, 0.2) is 17.4 Å². The lowest BCUT2D eigenvalue weighted by Gasteiger charge is -2.13.